The number of hydrogen-bond acceptors (Lipinski definition) is 5. The summed E-state index contributed by atoms with van der Waals surface area (Å²) >= 11 is 0. The van der Waals surface area contributed by atoms with E-state index in [4.69, 9.17) is 14.5 Å². The van der Waals surface area contributed by atoms with Crippen LogP contribution in [0.1, 0.15) is 73.3 Å². The summed E-state index contributed by atoms with van der Waals surface area (Å²) in [5, 5.41) is 2.99. The molecule has 1 aliphatic rings. The number of carbonyl (C=O) groups is 2. The number of nitrogens with zero attached hydrogens (tertiary/aromatic N) is 1. The van der Waals surface area contributed by atoms with Crippen LogP contribution in [0.3, 0.4) is 0 Å². The van der Waals surface area contributed by atoms with Crippen LogP contribution in [0.5, 0.6) is 5.75 Å². The second kappa shape index (κ2) is 12.7. The molecule has 1 heterocycles. The lowest BCUT2D eigenvalue weighted by atomic mass is 9.88. The molecule has 1 N–H and O–H groups in total. The number of benzene rings is 1. The van der Waals surface area contributed by atoms with Gasteiger partial charge in [0.25, 0.3) is 5.91 Å². The van der Waals surface area contributed by atoms with E-state index in [1.165, 1.54) is 0 Å². The standard InChI is InChI=1S/C29H42N2O4/c1-9-21(6)25(26-30-28(33)29(7,31-26)18-20(4)5)24(17-19(2)3)27(32)35-16-10-11-22-12-14-23(34-8)15-13-22/h10-15,19-21H,9,16-18H2,1-8H3,(H,30,31,33)/b11-10?,25-24-. The molecule has 0 saturated heterocycles. The Kier molecular flexibility index (Phi) is 10.3. The lowest BCUT2D eigenvalue weighted by Crippen LogP contribution is -2.39. The molecule has 6 heteroatoms. The molecule has 0 aromatic heterocycles. The zero-order valence-electron chi connectivity index (χ0n) is 22.6. The van der Waals surface area contributed by atoms with Gasteiger partial charge in [0.2, 0.25) is 0 Å². The fourth-order valence-corrected chi connectivity index (χ4v) is 4.33. The number of amides is 1. The van der Waals surface area contributed by atoms with Gasteiger partial charge >= 0.3 is 5.97 Å². The number of hydrogen-bond donors (Lipinski definition) is 1. The highest BCUT2D eigenvalue weighted by atomic mass is 16.5. The fourth-order valence-electron chi connectivity index (χ4n) is 4.33. The van der Waals surface area contributed by atoms with E-state index in [-0.39, 0.29) is 30.3 Å². The van der Waals surface area contributed by atoms with E-state index in [9.17, 15) is 9.59 Å². The highest BCUT2D eigenvalue weighted by molar-refractivity contribution is 6.17. The van der Waals surface area contributed by atoms with E-state index < -0.39 is 5.54 Å². The Morgan fingerprint density at radius 2 is 1.77 bits per heavy atom. The third-order valence-corrected chi connectivity index (χ3v) is 6.17. The van der Waals surface area contributed by atoms with Crippen LogP contribution in [0, 0.1) is 17.8 Å². The Labute approximate surface area is 210 Å². The largest absolute Gasteiger partial charge is 0.497 e. The van der Waals surface area contributed by atoms with Crippen molar-refractivity contribution in [1.82, 2.24) is 5.32 Å². The molecule has 1 aromatic rings. The molecule has 0 bridgehead atoms. The van der Waals surface area contributed by atoms with Gasteiger partial charge in [0, 0.05) is 11.1 Å². The summed E-state index contributed by atoms with van der Waals surface area (Å²) in [4.78, 5) is 31.0. The molecule has 1 aliphatic heterocycles. The molecule has 0 radical (unpaired) electrons. The van der Waals surface area contributed by atoms with Crippen molar-refractivity contribution in [3.63, 3.8) is 0 Å². The minimum Gasteiger partial charge on any atom is -0.497 e. The van der Waals surface area contributed by atoms with Crippen LogP contribution >= 0.6 is 0 Å². The van der Waals surface area contributed by atoms with Crippen molar-refractivity contribution < 1.29 is 19.1 Å². The summed E-state index contributed by atoms with van der Waals surface area (Å²) in [7, 11) is 1.63. The molecule has 0 spiro atoms. The van der Waals surface area contributed by atoms with Gasteiger partial charge < -0.3 is 14.8 Å². The zero-order chi connectivity index (χ0) is 26.2. The van der Waals surface area contributed by atoms with E-state index in [0.717, 1.165) is 23.3 Å². The Bertz CT molecular complexity index is 973. The minimum absolute atomic E-state index is 0.0478. The first kappa shape index (κ1) is 28.3. The average Bonchev–Trinajstić information content (AvgIpc) is 3.08. The Morgan fingerprint density at radius 3 is 2.31 bits per heavy atom. The second-order valence-electron chi connectivity index (χ2n) is 10.4. The van der Waals surface area contributed by atoms with Crippen LogP contribution < -0.4 is 10.1 Å². The van der Waals surface area contributed by atoms with Gasteiger partial charge in [0.15, 0.2) is 0 Å². The molecule has 1 aromatic carbocycles. The van der Waals surface area contributed by atoms with Crippen molar-refractivity contribution >= 4 is 23.8 Å². The number of methoxy groups -OCH3 is 1. The highest BCUT2D eigenvalue weighted by Gasteiger charge is 2.41. The van der Waals surface area contributed by atoms with Gasteiger partial charge in [0.1, 0.15) is 23.7 Å². The van der Waals surface area contributed by atoms with E-state index in [2.05, 4.69) is 46.9 Å². The molecule has 0 saturated carbocycles. The van der Waals surface area contributed by atoms with Gasteiger partial charge in [-0.3, -0.25) is 9.79 Å². The second-order valence-corrected chi connectivity index (χ2v) is 10.4. The monoisotopic (exact) mass is 482 g/mol. The van der Waals surface area contributed by atoms with E-state index in [1.807, 2.05) is 43.3 Å². The van der Waals surface area contributed by atoms with Gasteiger partial charge in [-0.25, -0.2) is 4.79 Å². The SMILES string of the molecule is CCC(C)/C(C1=NC(C)(CC(C)C)C(=O)N1)=C(\CC(C)C)C(=O)OCC=Cc1ccc(OC)cc1. The van der Waals surface area contributed by atoms with Gasteiger partial charge in [0.05, 0.1) is 7.11 Å². The van der Waals surface area contributed by atoms with E-state index in [1.54, 1.807) is 7.11 Å². The predicted octanol–water partition coefficient (Wildman–Crippen LogP) is 5.97. The van der Waals surface area contributed by atoms with E-state index >= 15 is 0 Å². The maximum absolute atomic E-state index is 13.3. The Hall–Kier alpha value is -2.89. The van der Waals surface area contributed by atoms with Crippen molar-refractivity contribution in [1.29, 1.82) is 0 Å². The molecule has 192 valence electrons. The molecule has 2 unspecified atom stereocenters. The predicted molar refractivity (Wildman–Crippen MR) is 142 cm³/mol. The van der Waals surface area contributed by atoms with Crippen molar-refractivity contribution in [2.45, 2.75) is 73.3 Å². The summed E-state index contributed by atoms with van der Waals surface area (Å²) < 4.78 is 10.9. The first-order valence-corrected chi connectivity index (χ1v) is 12.6. The quantitative estimate of drug-likeness (QED) is 0.294. The molecular formula is C29H42N2O4. The van der Waals surface area contributed by atoms with Crippen LogP contribution in [0.2, 0.25) is 0 Å². The highest BCUT2D eigenvalue weighted by Crippen LogP contribution is 2.31. The van der Waals surface area contributed by atoms with Crippen molar-refractivity contribution in [2.24, 2.45) is 22.7 Å². The van der Waals surface area contributed by atoms with Crippen LogP contribution in [0.4, 0.5) is 0 Å². The van der Waals surface area contributed by atoms with Gasteiger partial charge in [-0.1, -0.05) is 59.8 Å². The maximum atomic E-state index is 13.3. The number of nitrogens with one attached hydrogen (secondary N) is 1. The third kappa shape index (κ3) is 7.81. The van der Waals surface area contributed by atoms with Crippen molar-refractivity contribution in [3.05, 3.63) is 47.1 Å². The lowest BCUT2D eigenvalue weighted by molar-refractivity contribution is -0.138. The molecule has 0 fully saturated rings. The summed E-state index contributed by atoms with van der Waals surface area (Å²) in [6.07, 6.45) is 5.75. The molecule has 1 amide bonds. The first-order chi connectivity index (χ1) is 16.5. The Balaban J connectivity index is 2.32. The van der Waals surface area contributed by atoms with Crippen LogP contribution in [0.25, 0.3) is 6.08 Å². The van der Waals surface area contributed by atoms with Gasteiger partial charge in [-0.05, 0) is 67.7 Å². The van der Waals surface area contributed by atoms with Gasteiger partial charge in [-0.2, -0.15) is 0 Å². The summed E-state index contributed by atoms with van der Waals surface area (Å²) in [6, 6.07) is 7.66. The Morgan fingerprint density at radius 1 is 1.11 bits per heavy atom. The summed E-state index contributed by atoms with van der Waals surface area (Å²) in [5.41, 5.74) is 1.56. The number of amidine groups is 1. The lowest BCUT2D eigenvalue weighted by Gasteiger charge is -2.21. The molecular weight excluding hydrogens is 440 g/mol. The van der Waals surface area contributed by atoms with Crippen LogP contribution in [-0.2, 0) is 14.3 Å². The van der Waals surface area contributed by atoms with Crippen LogP contribution in [-0.4, -0.2) is 37.0 Å². The number of carbonyl (C=O) groups excluding carboxylic acids is 2. The third-order valence-electron chi connectivity index (χ3n) is 6.17. The van der Waals surface area contributed by atoms with E-state index in [0.29, 0.717) is 30.2 Å². The number of ether oxygens (including phenoxy) is 2. The molecule has 2 atom stereocenters. The number of aliphatic imine (C=N–C) groups is 1. The minimum atomic E-state index is -0.823. The molecule has 6 nitrogen and oxygen atoms in total. The summed E-state index contributed by atoms with van der Waals surface area (Å²) in [5.74, 6) is 1.46. The van der Waals surface area contributed by atoms with Crippen molar-refractivity contribution in [3.8, 4) is 5.75 Å². The molecule has 0 aliphatic carbocycles. The topological polar surface area (TPSA) is 77.0 Å². The fraction of sp³-hybridized carbons (Fsp3) is 0.552. The summed E-state index contributed by atoms with van der Waals surface area (Å²) in [6.45, 7) is 14.5. The van der Waals surface area contributed by atoms with Crippen LogP contribution in [0.15, 0.2) is 46.5 Å². The smallest absolute Gasteiger partial charge is 0.334 e. The zero-order valence-corrected chi connectivity index (χ0v) is 22.6. The average molecular weight is 483 g/mol. The molecule has 2 rings (SSSR count). The number of esters is 1. The van der Waals surface area contributed by atoms with Gasteiger partial charge in [-0.15, -0.1) is 0 Å². The van der Waals surface area contributed by atoms with Crippen molar-refractivity contribution in [2.75, 3.05) is 13.7 Å². The number of rotatable bonds is 12. The first-order valence-electron chi connectivity index (χ1n) is 12.6. The molecule has 35 heavy (non-hydrogen) atoms. The normalized spacial score (nSPS) is 19.6. The maximum Gasteiger partial charge on any atom is 0.334 e.